The van der Waals surface area contributed by atoms with E-state index < -0.39 is 10.0 Å². The standard InChI is InChI=1S/C19H25N3O5S2/c1-26-15-6-7-16(17(13-15)27-2)20-18(23)14-21-8-4-9-22(11-10-21)29(24,25)19-5-3-12-28-19/h3,5-7,12-13H,4,8-11,14H2,1-2H3,(H,20,23). The summed E-state index contributed by atoms with van der Waals surface area (Å²) in [4.78, 5) is 14.5. The van der Waals surface area contributed by atoms with Gasteiger partial charge >= 0.3 is 0 Å². The molecule has 1 aromatic carbocycles. The van der Waals surface area contributed by atoms with Crippen LogP contribution in [0.5, 0.6) is 11.5 Å². The van der Waals surface area contributed by atoms with Crippen molar-refractivity contribution >= 4 is 33.0 Å². The zero-order valence-corrected chi connectivity index (χ0v) is 18.1. The van der Waals surface area contributed by atoms with Crippen LogP contribution in [0.15, 0.2) is 39.9 Å². The van der Waals surface area contributed by atoms with Gasteiger partial charge in [0, 0.05) is 25.7 Å². The van der Waals surface area contributed by atoms with Crippen LogP contribution in [-0.4, -0.2) is 70.5 Å². The van der Waals surface area contributed by atoms with E-state index in [1.54, 1.807) is 42.8 Å². The number of carbonyl (C=O) groups is 1. The topological polar surface area (TPSA) is 88.2 Å². The summed E-state index contributed by atoms with van der Waals surface area (Å²) in [6, 6.07) is 8.54. The highest BCUT2D eigenvalue weighted by molar-refractivity contribution is 7.91. The quantitative estimate of drug-likeness (QED) is 0.711. The van der Waals surface area contributed by atoms with Crippen molar-refractivity contribution in [3.8, 4) is 11.5 Å². The van der Waals surface area contributed by atoms with Gasteiger partial charge in [0.1, 0.15) is 15.7 Å². The van der Waals surface area contributed by atoms with Gasteiger partial charge in [-0.3, -0.25) is 9.69 Å². The molecule has 0 saturated carbocycles. The van der Waals surface area contributed by atoms with Crippen molar-refractivity contribution in [2.24, 2.45) is 0 Å². The third-order valence-corrected chi connectivity index (χ3v) is 7.96. The Morgan fingerprint density at radius 2 is 1.97 bits per heavy atom. The number of thiophene rings is 1. The second kappa shape index (κ2) is 9.57. The monoisotopic (exact) mass is 439 g/mol. The lowest BCUT2D eigenvalue weighted by Crippen LogP contribution is -2.37. The molecule has 1 aromatic heterocycles. The predicted octanol–water partition coefficient (Wildman–Crippen LogP) is 2.10. The van der Waals surface area contributed by atoms with Gasteiger partial charge in [0.2, 0.25) is 5.91 Å². The third-order valence-electron chi connectivity index (χ3n) is 4.69. The van der Waals surface area contributed by atoms with Gasteiger partial charge in [0.15, 0.2) is 0 Å². The Kier molecular flexibility index (Phi) is 7.12. The molecular formula is C19H25N3O5S2. The van der Waals surface area contributed by atoms with Gasteiger partial charge in [-0.2, -0.15) is 4.31 Å². The fraction of sp³-hybridized carbons (Fsp3) is 0.421. The molecule has 158 valence electrons. The molecule has 0 aliphatic carbocycles. The van der Waals surface area contributed by atoms with Gasteiger partial charge < -0.3 is 14.8 Å². The van der Waals surface area contributed by atoms with Crippen LogP contribution in [0.4, 0.5) is 5.69 Å². The average molecular weight is 440 g/mol. The number of methoxy groups -OCH3 is 2. The first-order chi connectivity index (χ1) is 13.9. The molecule has 2 aromatic rings. The molecule has 0 radical (unpaired) electrons. The fourth-order valence-corrected chi connectivity index (χ4v) is 5.79. The van der Waals surface area contributed by atoms with Crippen molar-refractivity contribution in [3.63, 3.8) is 0 Å². The van der Waals surface area contributed by atoms with Gasteiger partial charge in [-0.25, -0.2) is 8.42 Å². The van der Waals surface area contributed by atoms with Crippen LogP contribution in [0.2, 0.25) is 0 Å². The summed E-state index contributed by atoms with van der Waals surface area (Å²) in [5.74, 6) is 0.976. The minimum Gasteiger partial charge on any atom is -0.497 e. The molecule has 1 saturated heterocycles. The van der Waals surface area contributed by atoms with Crippen LogP contribution in [0, 0.1) is 0 Å². The maximum atomic E-state index is 12.7. The molecule has 0 spiro atoms. The van der Waals surface area contributed by atoms with E-state index in [-0.39, 0.29) is 12.5 Å². The number of hydrogen-bond acceptors (Lipinski definition) is 7. The zero-order valence-electron chi connectivity index (χ0n) is 16.5. The van der Waals surface area contributed by atoms with Gasteiger partial charge in [-0.15, -0.1) is 11.3 Å². The second-order valence-corrected chi connectivity index (χ2v) is 9.69. The SMILES string of the molecule is COc1ccc(NC(=O)CN2CCCN(S(=O)(=O)c3cccs3)CC2)c(OC)c1. The van der Waals surface area contributed by atoms with Gasteiger partial charge in [-0.05, 0) is 36.5 Å². The highest BCUT2D eigenvalue weighted by atomic mass is 32.2. The number of carbonyl (C=O) groups excluding carboxylic acids is 1. The molecule has 0 unspecified atom stereocenters. The Labute approximate surface area is 175 Å². The number of nitrogens with one attached hydrogen (secondary N) is 1. The van der Waals surface area contributed by atoms with Crippen LogP contribution >= 0.6 is 11.3 Å². The lowest BCUT2D eigenvalue weighted by atomic mass is 10.2. The number of rotatable bonds is 7. The number of anilines is 1. The Balaban J connectivity index is 1.58. The molecule has 1 aliphatic heterocycles. The van der Waals surface area contributed by atoms with Crippen LogP contribution in [-0.2, 0) is 14.8 Å². The minimum atomic E-state index is -3.46. The Morgan fingerprint density at radius 1 is 1.14 bits per heavy atom. The molecule has 1 fully saturated rings. The first-order valence-electron chi connectivity index (χ1n) is 9.22. The van der Waals surface area contributed by atoms with Crippen LogP contribution in [0.1, 0.15) is 6.42 Å². The van der Waals surface area contributed by atoms with Crippen molar-refractivity contribution in [1.29, 1.82) is 0 Å². The van der Waals surface area contributed by atoms with E-state index in [0.717, 1.165) is 0 Å². The fourth-order valence-electron chi connectivity index (χ4n) is 3.18. The summed E-state index contributed by atoms with van der Waals surface area (Å²) >= 11 is 1.22. The molecule has 29 heavy (non-hydrogen) atoms. The Bertz CT molecular complexity index is 931. The number of ether oxygens (including phenoxy) is 2. The molecular weight excluding hydrogens is 414 g/mol. The number of hydrogen-bond donors (Lipinski definition) is 1. The number of amides is 1. The largest absolute Gasteiger partial charge is 0.497 e. The summed E-state index contributed by atoms with van der Waals surface area (Å²) in [5, 5.41) is 4.61. The van der Waals surface area contributed by atoms with Crippen molar-refractivity contribution < 1.29 is 22.7 Å². The lowest BCUT2D eigenvalue weighted by Gasteiger charge is -2.21. The summed E-state index contributed by atoms with van der Waals surface area (Å²) < 4.78 is 37.7. The highest BCUT2D eigenvalue weighted by Gasteiger charge is 2.28. The minimum absolute atomic E-state index is 0.178. The van der Waals surface area contributed by atoms with Crippen LogP contribution < -0.4 is 14.8 Å². The summed E-state index contributed by atoms with van der Waals surface area (Å²) in [6.45, 7) is 2.15. The lowest BCUT2D eigenvalue weighted by molar-refractivity contribution is -0.117. The van der Waals surface area contributed by atoms with Gasteiger partial charge in [0.25, 0.3) is 10.0 Å². The van der Waals surface area contributed by atoms with Gasteiger partial charge in [0.05, 0.1) is 26.5 Å². The molecule has 1 N–H and O–H groups in total. The zero-order chi connectivity index (χ0) is 20.9. The molecule has 10 heteroatoms. The maximum absolute atomic E-state index is 12.7. The molecule has 0 bridgehead atoms. The third kappa shape index (κ3) is 5.27. The van der Waals surface area contributed by atoms with Crippen molar-refractivity contribution in [2.75, 3.05) is 52.3 Å². The van der Waals surface area contributed by atoms with E-state index in [1.165, 1.54) is 22.8 Å². The Hall–Kier alpha value is -2.14. The average Bonchev–Trinajstić information content (AvgIpc) is 3.16. The number of sulfonamides is 1. The normalized spacial score (nSPS) is 16.2. The molecule has 0 atom stereocenters. The van der Waals surface area contributed by atoms with Gasteiger partial charge in [-0.1, -0.05) is 6.07 Å². The van der Waals surface area contributed by atoms with Crippen LogP contribution in [0.25, 0.3) is 0 Å². The van der Waals surface area contributed by atoms with Crippen molar-refractivity contribution in [3.05, 3.63) is 35.7 Å². The van der Waals surface area contributed by atoms with Crippen molar-refractivity contribution in [2.45, 2.75) is 10.6 Å². The summed E-state index contributed by atoms with van der Waals surface area (Å²) in [6.07, 6.45) is 0.670. The van der Waals surface area contributed by atoms with E-state index in [4.69, 9.17) is 9.47 Å². The summed E-state index contributed by atoms with van der Waals surface area (Å²) in [7, 11) is -0.368. The van der Waals surface area contributed by atoms with E-state index in [0.29, 0.717) is 54.0 Å². The van der Waals surface area contributed by atoms with E-state index >= 15 is 0 Å². The number of benzene rings is 1. The first kappa shape index (κ1) is 21.6. The Morgan fingerprint density at radius 3 is 2.66 bits per heavy atom. The van der Waals surface area contributed by atoms with E-state index in [9.17, 15) is 13.2 Å². The predicted molar refractivity (Wildman–Crippen MR) is 112 cm³/mol. The molecule has 1 aliphatic rings. The molecule has 1 amide bonds. The molecule has 3 rings (SSSR count). The smallest absolute Gasteiger partial charge is 0.252 e. The number of nitrogens with zero attached hydrogens (tertiary/aromatic N) is 2. The van der Waals surface area contributed by atoms with E-state index in [1.807, 2.05) is 4.90 Å². The highest BCUT2D eigenvalue weighted by Crippen LogP contribution is 2.29. The summed E-state index contributed by atoms with van der Waals surface area (Å²) in [5.41, 5.74) is 0.565. The van der Waals surface area contributed by atoms with Crippen LogP contribution in [0.3, 0.4) is 0 Å². The maximum Gasteiger partial charge on any atom is 0.252 e. The first-order valence-corrected chi connectivity index (χ1v) is 11.5. The van der Waals surface area contributed by atoms with Crippen molar-refractivity contribution in [1.82, 2.24) is 9.21 Å². The molecule has 2 heterocycles. The van der Waals surface area contributed by atoms with E-state index in [2.05, 4.69) is 5.32 Å². The second-order valence-electron chi connectivity index (χ2n) is 6.58. The molecule has 8 nitrogen and oxygen atoms in total.